The van der Waals surface area contributed by atoms with Gasteiger partial charge in [0.05, 0.1) is 12.8 Å². The van der Waals surface area contributed by atoms with Crippen LogP contribution in [-0.4, -0.2) is 47.2 Å². The maximum atomic E-state index is 12.0. The summed E-state index contributed by atoms with van der Waals surface area (Å²) >= 11 is 0. The fourth-order valence-corrected chi connectivity index (χ4v) is 2.45. The van der Waals surface area contributed by atoms with Gasteiger partial charge in [0.15, 0.2) is 0 Å². The molecule has 1 saturated heterocycles. The lowest BCUT2D eigenvalue weighted by atomic mass is 10.1. The molecule has 0 bridgehead atoms. The quantitative estimate of drug-likeness (QED) is 0.772. The molecule has 1 aromatic rings. The highest BCUT2D eigenvalue weighted by atomic mass is 19.4. The Kier molecular flexibility index (Phi) is 4.46. The molecule has 0 radical (unpaired) electrons. The molecule has 1 atom stereocenters. The maximum Gasteiger partial charge on any atom is 0.411 e. The fraction of sp³-hybridized carbons (Fsp3) is 0.750. The first-order valence-corrected chi connectivity index (χ1v) is 6.33. The average Bonchev–Trinajstić information content (AvgIpc) is 2.91. The van der Waals surface area contributed by atoms with Crippen molar-refractivity contribution in [3.63, 3.8) is 0 Å². The number of aryl methyl sites for hydroxylation is 1. The number of hydrogen-bond acceptors (Lipinski definition) is 3. The number of likely N-dealkylation sites (tertiary alicyclic amines) is 1. The minimum absolute atomic E-state index is 0.107. The predicted octanol–water partition coefficient (Wildman–Crippen LogP) is 2.14. The molecule has 108 valence electrons. The number of aromatic nitrogens is 2. The SMILES string of the molecule is Cn1cc(C2CCCN2CCOCC(F)(F)F)cn1. The molecule has 1 aliphatic rings. The van der Waals surface area contributed by atoms with Gasteiger partial charge in [0.1, 0.15) is 6.61 Å². The largest absolute Gasteiger partial charge is 0.411 e. The third-order valence-corrected chi connectivity index (χ3v) is 3.26. The van der Waals surface area contributed by atoms with Crippen molar-refractivity contribution in [1.29, 1.82) is 0 Å². The highest BCUT2D eigenvalue weighted by molar-refractivity contribution is 5.12. The first-order chi connectivity index (χ1) is 8.96. The van der Waals surface area contributed by atoms with Crippen molar-refractivity contribution in [2.45, 2.75) is 25.1 Å². The normalized spacial score (nSPS) is 21.2. The van der Waals surface area contributed by atoms with Gasteiger partial charge in [-0.2, -0.15) is 18.3 Å². The number of halogens is 3. The second-order valence-corrected chi connectivity index (χ2v) is 4.81. The summed E-state index contributed by atoms with van der Waals surface area (Å²) in [4.78, 5) is 2.16. The second kappa shape index (κ2) is 5.92. The lowest BCUT2D eigenvalue weighted by Gasteiger charge is -2.23. The number of hydrogen-bond donors (Lipinski definition) is 0. The molecule has 1 unspecified atom stereocenters. The highest BCUT2D eigenvalue weighted by Gasteiger charge is 2.29. The van der Waals surface area contributed by atoms with Gasteiger partial charge in [-0.1, -0.05) is 0 Å². The Labute approximate surface area is 110 Å². The number of nitrogens with zero attached hydrogens (tertiary/aromatic N) is 3. The topological polar surface area (TPSA) is 30.3 Å². The molecule has 0 aliphatic carbocycles. The summed E-state index contributed by atoms with van der Waals surface area (Å²) in [6.45, 7) is 0.360. The van der Waals surface area contributed by atoms with Crippen molar-refractivity contribution < 1.29 is 17.9 Å². The maximum absolute atomic E-state index is 12.0. The van der Waals surface area contributed by atoms with E-state index in [9.17, 15) is 13.2 Å². The molecule has 4 nitrogen and oxygen atoms in total. The van der Waals surface area contributed by atoms with Gasteiger partial charge in [-0.05, 0) is 19.4 Å². The van der Waals surface area contributed by atoms with Crippen LogP contribution in [0.5, 0.6) is 0 Å². The minimum Gasteiger partial charge on any atom is -0.371 e. The van der Waals surface area contributed by atoms with Crippen LogP contribution in [0, 0.1) is 0 Å². The van der Waals surface area contributed by atoms with Crippen LogP contribution in [0.4, 0.5) is 13.2 Å². The van der Waals surface area contributed by atoms with Gasteiger partial charge < -0.3 is 4.74 Å². The summed E-state index contributed by atoms with van der Waals surface area (Å²) in [5.41, 5.74) is 1.12. The van der Waals surface area contributed by atoms with Gasteiger partial charge in [0, 0.05) is 31.4 Å². The van der Waals surface area contributed by atoms with Crippen molar-refractivity contribution in [1.82, 2.24) is 14.7 Å². The summed E-state index contributed by atoms with van der Waals surface area (Å²) in [5, 5.41) is 4.13. The van der Waals surface area contributed by atoms with Crippen molar-refractivity contribution in [3.05, 3.63) is 18.0 Å². The van der Waals surface area contributed by atoms with E-state index in [1.807, 2.05) is 19.4 Å². The molecule has 19 heavy (non-hydrogen) atoms. The van der Waals surface area contributed by atoms with E-state index < -0.39 is 12.8 Å². The monoisotopic (exact) mass is 277 g/mol. The second-order valence-electron chi connectivity index (χ2n) is 4.81. The van der Waals surface area contributed by atoms with E-state index in [1.165, 1.54) is 0 Å². The van der Waals surface area contributed by atoms with Crippen LogP contribution in [0.3, 0.4) is 0 Å². The van der Waals surface area contributed by atoms with Gasteiger partial charge >= 0.3 is 6.18 Å². The summed E-state index contributed by atoms with van der Waals surface area (Å²) in [7, 11) is 1.86. The zero-order valence-electron chi connectivity index (χ0n) is 10.9. The molecule has 0 aromatic carbocycles. The van der Waals surface area contributed by atoms with E-state index in [0.717, 1.165) is 24.9 Å². The standard InChI is InChI=1S/C12H18F3N3O/c1-17-8-10(7-16-17)11-3-2-4-18(11)5-6-19-9-12(13,14)15/h7-8,11H,2-6,9H2,1H3. The number of alkyl halides is 3. The van der Waals surface area contributed by atoms with Crippen LogP contribution in [0.25, 0.3) is 0 Å². The summed E-state index contributed by atoms with van der Waals surface area (Å²) in [5.74, 6) is 0. The van der Waals surface area contributed by atoms with Crippen LogP contribution in [0.2, 0.25) is 0 Å². The molecule has 1 fully saturated rings. The summed E-state index contributed by atoms with van der Waals surface area (Å²) < 4.78 is 42.3. The molecule has 0 amide bonds. The Morgan fingerprint density at radius 2 is 2.26 bits per heavy atom. The Bertz CT molecular complexity index is 405. The molecule has 1 aliphatic heterocycles. The van der Waals surface area contributed by atoms with Gasteiger partial charge in [-0.15, -0.1) is 0 Å². The molecule has 7 heteroatoms. The van der Waals surface area contributed by atoms with Crippen molar-refractivity contribution >= 4 is 0 Å². The van der Waals surface area contributed by atoms with Crippen LogP contribution in [0.15, 0.2) is 12.4 Å². The first kappa shape index (κ1) is 14.3. The van der Waals surface area contributed by atoms with Gasteiger partial charge in [-0.3, -0.25) is 9.58 Å². The van der Waals surface area contributed by atoms with Crippen LogP contribution in [0.1, 0.15) is 24.4 Å². The highest BCUT2D eigenvalue weighted by Crippen LogP contribution is 2.31. The lowest BCUT2D eigenvalue weighted by Crippen LogP contribution is -2.28. The minimum atomic E-state index is -4.24. The third kappa shape index (κ3) is 4.21. The summed E-state index contributed by atoms with van der Waals surface area (Å²) in [6, 6.07) is 0.253. The molecular formula is C12H18F3N3O. The number of ether oxygens (including phenoxy) is 1. The Morgan fingerprint density at radius 1 is 1.47 bits per heavy atom. The van der Waals surface area contributed by atoms with Crippen LogP contribution >= 0.6 is 0 Å². The van der Waals surface area contributed by atoms with E-state index in [2.05, 4.69) is 14.7 Å². The van der Waals surface area contributed by atoms with Crippen molar-refractivity contribution in [3.8, 4) is 0 Å². The zero-order valence-corrected chi connectivity index (χ0v) is 10.9. The predicted molar refractivity (Wildman–Crippen MR) is 63.6 cm³/mol. The molecule has 2 rings (SSSR count). The van der Waals surface area contributed by atoms with E-state index in [4.69, 9.17) is 0 Å². The first-order valence-electron chi connectivity index (χ1n) is 6.33. The van der Waals surface area contributed by atoms with E-state index in [-0.39, 0.29) is 12.6 Å². The Balaban J connectivity index is 1.79. The molecule has 0 spiro atoms. The molecule has 1 aromatic heterocycles. The van der Waals surface area contributed by atoms with Gasteiger partial charge in [-0.25, -0.2) is 0 Å². The third-order valence-electron chi connectivity index (χ3n) is 3.26. The number of rotatable bonds is 5. The van der Waals surface area contributed by atoms with Gasteiger partial charge in [0.25, 0.3) is 0 Å². The van der Waals surface area contributed by atoms with Crippen LogP contribution in [-0.2, 0) is 11.8 Å². The van der Waals surface area contributed by atoms with E-state index in [0.29, 0.717) is 6.54 Å². The van der Waals surface area contributed by atoms with Crippen molar-refractivity contribution in [2.24, 2.45) is 7.05 Å². The Morgan fingerprint density at radius 3 is 2.89 bits per heavy atom. The molecular weight excluding hydrogens is 259 g/mol. The smallest absolute Gasteiger partial charge is 0.371 e. The van der Waals surface area contributed by atoms with E-state index >= 15 is 0 Å². The molecule has 2 heterocycles. The van der Waals surface area contributed by atoms with E-state index in [1.54, 1.807) is 4.68 Å². The van der Waals surface area contributed by atoms with Crippen molar-refractivity contribution in [2.75, 3.05) is 26.3 Å². The lowest BCUT2D eigenvalue weighted by molar-refractivity contribution is -0.174. The van der Waals surface area contributed by atoms with Gasteiger partial charge in [0.2, 0.25) is 0 Å². The zero-order chi connectivity index (χ0) is 13.9. The molecule has 0 N–H and O–H groups in total. The summed E-state index contributed by atoms with van der Waals surface area (Å²) in [6.07, 6.45) is 1.61. The average molecular weight is 277 g/mol. The van der Waals surface area contributed by atoms with Crippen LogP contribution < -0.4 is 0 Å². The fourth-order valence-electron chi connectivity index (χ4n) is 2.45. The Hall–Kier alpha value is -1.08. The molecule has 0 saturated carbocycles.